The highest BCUT2D eigenvalue weighted by Gasteiger charge is 2.28. The summed E-state index contributed by atoms with van der Waals surface area (Å²) in [5.41, 5.74) is 2.45. The number of ether oxygens (including phenoxy) is 2. The van der Waals surface area contributed by atoms with Crippen molar-refractivity contribution in [1.82, 2.24) is 0 Å². The highest BCUT2D eigenvalue weighted by atomic mass is 79.9. The van der Waals surface area contributed by atoms with Gasteiger partial charge in [-0.05, 0) is 62.1 Å². The molecule has 4 nitrogen and oxygen atoms in total. The van der Waals surface area contributed by atoms with Gasteiger partial charge in [0.2, 0.25) is 0 Å². The summed E-state index contributed by atoms with van der Waals surface area (Å²) < 4.78 is 13.4. The lowest BCUT2D eigenvalue weighted by Crippen LogP contribution is -2.39. The number of aliphatic hydroxyl groups excluding tert-OH is 2. The van der Waals surface area contributed by atoms with Crippen molar-refractivity contribution in [2.24, 2.45) is 11.8 Å². The van der Waals surface area contributed by atoms with Crippen molar-refractivity contribution in [2.75, 3.05) is 26.4 Å². The predicted molar refractivity (Wildman–Crippen MR) is 123 cm³/mol. The normalized spacial score (nSPS) is 16.4. The molecule has 0 radical (unpaired) electrons. The Hall–Kier alpha value is -0.760. The fourth-order valence-electron chi connectivity index (χ4n) is 3.03. The average Bonchev–Trinajstić information content (AvgIpc) is 2.68. The van der Waals surface area contributed by atoms with Gasteiger partial charge in [-0.25, -0.2) is 0 Å². The van der Waals surface area contributed by atoms with Crippen LogP contribution in [0.1, 0.15) is 25.0 Å². The third kappa shape index (κ3) is 9.28. The lowest BCUT2D eigenvalue weighted by atomic mass is 10.00. The van der Waals surface area contributed by atoms with E-state index in [1.165, 1.54) is 5.56 Å². The Morgan fingerprint density at radius 3 is 1.97 bits per heavy atom. The average molecular weight is 530 g/mol. The monoisotopic (exact) mass is 528 g/mol. The molecule has 1 fully saturated rings. The first-order chi connectivity index (χ1) is 13.8. The number of hydrogen-bond donors (Lipinski definition) is 2. The first kappa shape index (κ1) is 24.5. The summed E-state index contributed by atoms with van der Waals surface area (Å²) >= 11 is 6.85. The van der Waals surface area contributed by atoms with Crippen LogP contribution in [-0.2, 0) is 22.3 Å². The van der Waals surface area contributed by atoms with Crippen LogP contribution in [0.2, 0.25) is 0 Å². The Bertz CT molecular complexity index is 737. The van der Waals surface area contributed by atoms with Crippen molar-refractivity contribution in [3.8, 4) is 0 Å². The van der Waals surface area contributed by atoms with Crippen LogP contribution in [0.4, 0.5) is 0 Å². The van der Waals surface area contributed by atoms with Crippen LogP contribution in [0.3, 0.4) is 0 Å². The molecular weight excluding hydrogens is 500 g/mol. The van der Waals surface area contributed by atoms with Gasteiger partial charge in [0.25, 0.3) is 0 Å². The van der Waals surface area contributed by atoms with Gasteiger partial charge >= 0.3 is 0 Å². The Morgan fingerprint density at radius 1 is 0.931 bits per heavy atom. The van der Waals surface area contributed by atoms with Gasteiger partial charge in [-0.2, -0.15) is 0 Å². The number of hydrogen-bond acceptors (Lipinski definition) is 4. The number of halogens is 2. The smallest absolute Gasteiger partial charge is 0.162 e. The van der Waals surface area contributed by atoms with E-state index in [1.54, 1.807) is 0 Å². The topological polar surface area (TPSA) is 58.9 Å². The largest absolute Gasteiger partial charge is 0.396 e. The van der Waals surface area contributed by atoms with Gasteiger partial charge in [0.1, 0.15) is 0 Å². The van der Waals surface area contributed by atoms with E-state index in [2.05, 4.69) is 50.1 Å². The van der Waals surface area contributed by atoms with E-state index in [9.17, 15) is 0 Å². The van der Waals surface area contributed by atoms with Gasteiger partial charge in [-0.3, -0.25) is 0 Å². The third-order valence-electron chi connectivity index (χ3n) is 4.68. The minimum atomic E-state index is -0.409. The zero-order valence-corrected chi connectivity index (χ0v) is 20.2. The molecular formula is C23H30Br2O4. The van der Waals surface area contributed by atoms with Crippen LogP contribution in [0.25, 0.3) is 0 Å². The Kier molecular flexibility index (Phi) is 10.3. The Labute approximate surface area is 190 Å². The predicted octanol–water partition coefficient (Wildman–Crippen LogP) is 4.98. The van der Waals surface area contributed by atoms with Crippen molar-refractivity contribution in [1.29, 1.82) is 0 Å². The summed E-state index contributed by atoms with van der Waals surface area (Å²) in [5, 5.41) is 17.8. The van der Waals surface area contributed by atoms with Crippen molar-refractivity contribution in [2.45, 2.75) is 32.5 Å². The molecule has 2 aromatic carbocycles. The summed E-state index contributed by atoms with van der Waals surface area (Å²) in [6.45, 7) is 5.54. The van der Waals surface area contributed by atoms with Crippen LogP contribution >= 0.6 is 31.9 Å². The molecule has 29 heavy (non-hydrogen) atoms. The summed E-state index contributed by atoms with van der Waals surface area (Å²) in [4.78, 5) is 0. The molecule has 2 aromatic rings. The van der Waals surface area contributed by atoms with E-state index in [-0.39, 0.29) is 19.1 Å². The molecule has 0 bridgehead atoms. The zero-order valence-electron chi connectivity index (χ0n) is 17.0. The summed E-state index contributed by atoms with van der Waals surface area (Å²) in [7, 11) is 0. The van der Waals surface area contributed by atoms with E-state index >= 15 is 0 Å². The van der Waals surface area contributed by atoms with Crippen molar-refractivity contribution in [3.63, 3.8) is 0 Å². The van der Waals surface area contributed by atoms with Crippen molar-refractivity contribution < 1.29 is 19.7 Å². The molecule has 1 aliphatic heterocycles. The Balaban J connectivity index is 0.000000212. The molecule has 2 N–H and O–H groups in total. The van der Waals surface area contributed by atoms with Crippen molar-refractivity contribution in [3.05, 3.63) is 68.6 Å². The molecule has 6 heteroatoms. The van der Waals surface area contributed by atoms with Gasteiger partial charge in [0.15, 0.2) is 5.79 Å². The van der Waals surface area contributed by atoms with E-state index in [1.807, 2.05) is 44.2 Å². The first-order valence-corrected chi connectivity index (χ1v) is 11.4. The second-order valence-electron chi connectivity index (χ2n) is 7.79. The van der Waals surface area contributed by atoms with Gasteiger partial charge in [-0.15, -0.1) is 0 Å². The molecule has 1 aliphatic rings. The number of rotatable bonds is 6. The van der Waals surface area contributed by atoms with E-state index in [0.717, 1.165) is 34.1 Å². The second-order valence-corrected chi connectivity index (χ2v) is 9.62. The van der Waals surface area contributed by atoms with Crippen LogP contribution in [-0.4, -0.2) is 42.4 Å². The van der Waals surface area contributed by atoms with Gasteiger partial charge in [0.05, 0.1) is 13.2 Å². The minimum absolute atomic E-state index is 0.0308. The molecule has 160 valence electrons. The lowest BCUT2D eigenvalue weighted by Gasteiger charge is -2.35. The van der Waals surface area contributed by atoms with Crippen molar-refractivity contribution >= 4 is 31.9 Å². The maximum atomic E-state index is 8.88. The SMILES string of the molecule is CC1(C)OCC(Cc2cccc(Br)c2)CO1.OCC(CO)Cc1cccc(Br)c1. The summed E-state index contributed by atoms with van der Waals surface area (Å²) in [5.74, 6) is 0.00458. The molecule has 0 spiro atoms. The molecule has 3 rings (SSSR count). The molecule has 0 aliphatic carbocycles. The van der Waals surface area contributed by atoms with Gasteiger partial charge in [0, 0.05) is 34.0 Å². The fraction of sp³-hybridized carbons (Fsp3) is 0.478. The van der Waals surface area contributed by atoms with Crippen LogP contribution in [0.15, 0.2) is 57.5 Å². The standard InChI is InChI=1S/C13H17BrO2.C10H13BrO2/c1-13(2)15-8-11(9-16-13)6-10-4-3-5-12(14)7-10;11-10-3-1-2-8(5-10)4-9(6-12)7-13/h3-5,7,11H,6,8-9H2,1-2H3;1-3,5,9,12-13H,4,6-7H2. The molecule has 0 aromatic heterocycles. The maximum absolute atomic E-state index is 8.88. The number of aliphatic hydroxyl groups is 2. The summed E-state index contributed by atoms with van der Waals surface area (Å²) in [6.07, 6.45) is 1.72. The van der Waals surface area contributed by atoms with E-state index in [0.29, 0.717) is 12.3 Å². The Morgan fingerprint density at radius 2 is 1.45 bits per heavy atom. The van der Waals surface area contributed by atoms with Gasteiger partial charge in [-0.1, -0.05) is 56.1 Å². The van der Waals surface area contributed by atoms with Crippen LogP contribution < -0.4 is 0 Å². The lowest BCUT2D eigenvalue weighted by molar-refractivity contribution is -0.261. The molecule has 1 heterocycles. The zero-order chi connectivity index (χ0) is 21.3. The number of benzene rings is 2. The van der Waals surface area contributed by atoms with E-state index < -0.39 is 5.79 Å². The summed E-state index contributed by atoms with van der Waals surface area (Å²) in [6, 6.07) is 16.3. The quantitative estimate of drug-likeness (QED) is 0.554. The molecule has 0 amide bonds. The highest BCUT2D eigenvalue weighted by molar-refractivity contribution is 9.10. The highest BCUT2D eigenvalue weighted by Crippen LogP contribution is 2.23. The first-order valence-electron chi connectivity index (χ1n) is 9.80. The molecule has 1 saturated heterocycles. The van der Waals surface area contributed by atoms with Crippen LogP contribution in [0.5, 0.6) is 0 Å². The maximum Gasteiger partial charge on any atom is 0.162 e. The van der Waals surface area contributed by atoms with E-state index in [4.69, 9.17) is 19.7 Å². The molecule has 0 atom stereocenters. The fourth-order valence-corrected chi connectivity index (χ4v) is 3.92. The van der Waals surface area contributed by atoms with Gasteiger partial charge < -0.3 is 19.7 Å². The second kappa shape index (κ2) is 12.2. The third-order valence-corrected chi connectivity index (χ3v) is 5.66. The molecule has 0 saturated carbocycles. The van der Waals surface area contributed by atoms with Crippen LogP contribution in [0, 0.1) is 11.8 Å². The minimum Gasteiger partial charge on any atom is -0.396 e. The molecule has 0 unspecified atom stereocenters.